The predicted molar refractivity (Wildman–Crippen MR) is 117 cm³/mol. The van der Waals surface area contributed by atoms with Crippen molar-refractivity contribution in [3.05, 3.63) is 60.4 Å². The Hall–Kier alpha value is -2.85. The molecule has 1 spiro atoms. The number of halogens is 2. The second-order valence-electron chi connectivity index (χ2n) is 8.81. The SMILES string of the molecule is O=C(CN1C(O)NC2(CCC(F)(F)CC2)C1O)c1ccc(-c2cccc3cccnc23)nc1. The van der Waals surface area contributed by atoms with E-state index in [0.29, 0.717) is 11.3 Å². The molecule has 33 heavy (non-hydrogen) atoms. The summed E-state index contributed by atoms with van der Waals surface area (Å²) >= 11 is 0. The number of nitrogens with zero attached hydrogens (tertiary/aromatic N) is 3. The van der Waals surface area contributed by atoms with E-state index in [1.165, 1.54) is 11.1 Å². The van der Waals surface area contributed by atoms with Gasteiger partial charge in [-0.25, -0.2) is 13.7 Å². The fourth-order valence-electron chi connectivity index (χ4n) is 4.79. The molecular formula is C24H24F2N4O3. The zero-order valence-corrected chi connectivity index (χ0v) is 17.8. The summed E-state index contributed by atoms with van der Waals surface area (Å²) < 4.78 is 27.2. The van der Waals surface area contributed by atoms with Gasteiger partial charge in [-0.3, -0.25) is 20.1 Å². The number of hydrogen-bond donors (Lipinski definition) is 3. The first-order valence-corrected chi connectivity index (χ1v) is 10.9. The van der Waals surface area contributed by atoms with Crippen LogP contribution < -0.4 is 5.32 Å². The highest BCUT2D eigenvalue weighted by Gasteiger charge is 2.55. The third-order valence-electron chi connectivity index (χ3n) is 6.73. The lowest BCUT2D eigenvalue weighted by molar-refractivity contribution is -0.0932. The number of carbonyl (C=O) groups is 1. The normalized spacial score (nSPS) is 24.4. The lowest BCUT2D eigenvalue weighted by Crippen LogP contribution is -2.54. The van der Waals surface area contributed by atoms with Crippen LogP contribution in [-0.4, -0.2) is 61.5 Å². The number of benzene rings is 1. The van der Waals surface area contributed by atoms with Crippen LogP contribution in [0.1, 0.15) is 36.0 Å². The van der Waals surface area contributed by atoms with Crippen molar-refractivity contribution < 1.29 is 23.8 Å². The maximum absolute atomic E-state index is 13.6. The van der Waals surface area contributed by atoms with Crippen LogP contribution in [0.25, 0.3) is 22.2 Å². The Morgan fingerprint density at radius 1 is 1.06 bits per heavy atom. The molecule has 7 nitrogen and oxygen atoms in total. The molecule has 0 amide bonds. The largest absolute Gasteiger partial charge is 0.376 e. The maximum Gasteiger partial charge on any atom is 0.248 e. The first-order valence-electron chi connectivity index (χ1n) is 10.9. The number of ketones is 1. The molecule has 172 valence electrons. The van der Waals surface area contributed by atoms with E-state index in [0.717, 1.165) is 16.5 Å². The standard InChI is InChI=1S/C24H24F2N4O3/c25-24(26)10-8-23(9-11-24)21(32)30(22(33)29-23)14-19(31)16-6-7-18(28-13-16)17-5-1-3-15-4-2-12-27-20(15)17/h1-7,12-13,21-22,29,32-33H,8-11,14H2. The number of pyridine rings is 2. The van der Waals surface area contributed by atoms with Crippen LogP contribution in [0.3, 0.4) is 0 Å². The van der Waals surface area contributed by atoms with Crippen LogP contribution in [0.2, 0.25) is 0 Å². The van der Waals surface area contributed by atoms with Gasteiger partial charge in [0.2, 0.25) is 5.92 Å². The molecule has 9 heteroatoms. The van der Waals surface area contributed by atoms with Crippen LogP contribution in [0.15, 0.2) is 54.9 Å². The second-order valence-corrected chi connectivity index (χ2v) is 8.81. The highest BCUT2D eigenvalue weighted by atomic mass is 19.3. The van der Waals surface area contributed by atoms with Crippen molar-refractivity contribution in [3.63, 3.8) is 0 Å². The van der Waals surface area contributed by atoms with Crippen LogP contribution >= 0.6 is 0 Å². The van der Waals surface area contributed by atoms with E-state index in [-0.39, 0.29) is 38.0 Å². The van der Waals surface area contributed by atoms with Gasteiger partial charge in [0.25, 0.3) is 0 Å². The summed E-state index contributed by atoms with van der Waals surface area (Å²) in [6.45, 7) is -0.273. The number of Topliss-reactive ketones (excluding diaryl/α,β-unsaturated/α-hetero) is 1. The fraction of sp³-hybridized carbons (Fsp3) is 0.375. The summed E-state index contributed by atoms with van der Waals surface area (Å²) in [5.41, 5.74) is 1.59. The average Bonchev–Trinajstić information content (AvgIpc) is 3.05. The molecule has 3 aromatic rings. The van der Waals surface area contributed by atoms with Gasteiger partial charge in [-0.2, -0.15) is 0 Å². The molecule has 0 bridgehead atoms. The lowest BCUT2D eigenvalue weighted by Gasteiger charge is -2.39. The first kappa shape index (κ1) is 22.0. The van der Waals surface area contributed by atoms with Gasteiger partial charge in [-0.1, -0.05) is 24.3 Å². The number of rotatable bonds is 4. The summed E-state index contributed by atoms with van der Waals surface area (Å²) in [5.74, 6) is -3.11. The molecule has 2 aromatic heterocycles. The van der Waals surface area contributed by atoms with Crippen molar-refractivity contribution in [2.75, 3.05) is 6.54 Å². The summed E-state index contributed by atoms with van der Waals surface area (Å²) in [5, 5.41) is 25.0. The predicted octanol–water partition coefficient (Wildman–Crippen LogP) is 2.93. The number of alkyl halides is 2. The number of fused-ring (bicyclic) bond motifs is 1. The molecule has 3 N–H and O–H groups in total. The average molecular weight is 454 g/mol. The number of para-hydroxylation sites is 1. The van der Waals surface area contributed by atoms with E-state index in [9.17, 15) is 23.8 Å². The van der Waals surface area contributed by atoms with Crippen molar-refractivity contribution in [1.29, 1.82) is 0 Å². The van der Waals surface area contributed by atoms with Gasteiger partial charge >= 0.3 is 0 Å². The van der Waals surface area contributed by atoms with E-state index in [2.05, 4.69) is 15.3 Å². The third-order valence-corrected chi connectivity index (χ3v) is 6.73. The zero-order valence-electron chi connectivity index (χ0n) is 17.8. The van der Waals surface area contributed by atoms with Crippen molar-refractivity contribution >= 4 is 16.7 Å². The number of aliphatic hydroxyl groups is 2. The van der Waals surface area contributed by atoms with Crippen molar-refractivity contribution in [1.82, 2.24) is 20.2 Å². The van der Waals surface area contributed by atoms with Gasteiger partial charge in [0.15, 0.2) is 12.1 Å². The van der Waals surface area contributed by atoms with Crippen molar-refractivity contribution in [2.24, 2.45) is 0 Å². The molecule has 2 atom stereocenters. The van der Waals surface area contributed by atoms with Gasteiger partial charge < -0.3 is 10.2 Å². The molecule has 1 aliphatic heterocycles. The molecular weight excluding hydrogens is 430 g/mol. The molecule has 1 saturated carbocycles. The second kappa shape index (κ2) is 8.18. The van der Waals surface area contributed by atoms with Gasteiger partial charge in [0.05, 0.1) is 23.3 Å². The van der Waals surface area contributed by atoms with E-state index in [1.54, 1.807) is 18.3 Å². The Morgan fingerprint density at radius 2 is 1.82 bits per heavy atom. The molecule has 1 aromatic carbocycles. The summed E-state index contributed by atoms with van der Waals surface area (Å²) in [4.78, 5) is 22.9. The minimum atomic E-state index is -2.77. The topological polar surface area (TPSA) is 98.6 Å². The molecule has 3 heterocycles. The van der Waals surface area contributed by atoms with E-state index >= 15 is 0 Å². The van der Waals surface area contributed by atoms with E-state index < -0.39 is 24.0 Å². The molecule has 0 radical (unpaired) electrons. The molecule has 2 unspecified atom stereocenters. The quantitative estimate of drug-likeness (QED) is 0.522. The minimum absolute atomic E-state index is 0.0121. The highest BCUT2D eigenvalue weighted by Crippen LogP contribution is 2.43. The van der Waals surface area contributed by atoms with Crippen molar-refractivity contribution in [3.8, 4) is 11.3 Å². The Kier molecular flexibility index (Phi) is 5.44. The molecule has 5 rings (SSSR count). The number of hydrogen-bond acceptors (Lipinski definition) is 7. The first-order chi connectivity index (χ1) is 15.8. The van der Waals surface area contributed by atoms with Gasteiger partial charge in [0.1, 0.15) is 6.23 Å². The van der Waals surface area contributed by atoms with Gasteiger partial charge in [0, 0.05) is 41.7 Å². The Bertz CT molecular complexity index is 1170. The van der Waals surface area contributed by atoms with Crippen LogP contribution in [0.5, 0.6) is 0 Å². The minimum Gasteiger partial charge on any atom is -0.376 e. The van der Waals surface area contributed by atoms with Crippen LogP contribution in [-0.2, 0) is 0 Å². The number of aliphatic hydroxyl groups excluding tert-OH is 2. The maximum atomic E-state index is 13.6. The van der Waals surface area contributed by atoms with Crippen molar-refractivity contribution in [2.45, 2.75) is 49.7 Å². The molecule has 2 aliphatic rings. The lowest BCUT2D eigenvalue weighted by atomic mass is 9.79. The molecule has 1 saturated heterocycles. The Balaban J connectivity index is 1.31. The van der Waals surface area contributed by atoms with Gasteiger partial charge in [-0.15, -0.1) is 0 Å². The number of nitrogens with one attached hydrogen (secondary N) is 1. The molecule has 2 fully saturated rings. The summed E-state index contributed by atoms with van der Waals surface area (Å²) in [6, 6.07) is 13.0. The summed E-state index contributed by atoms with van der Waals surface area (Å²) in [6.07, 6.45) is -0.106. The smallest absolute Gasteiger partial charge is 0.248 e. The molecule has 1 aliphatic carbocycles. The van der Waals surface area contributed by atoms with Gasteiger partial charge in [-0.05, 0) is 31.0 Å². The zero-order chi connectivity index (χ0) is 23.2. The fourth-order valence-corrected chi connectivity index (χ4v) is 4.79. The van der Waals surface area contributed by atoms with E-state index in [1.807, 2.05) is 30.3 Å². The Morgan fingerprint density at radius 3 is 2.55 bits per heavy atom. The number of aromatic nitrogens is 2. The summed E-state index contributed by atoms with van der Waals surface area (Å²) in [7, 11) is 0. The highest BCUT2D eigenvalue weighted by molar-refractivity contribution is 5.98. The third kappa shape index (κ3) is 4.02. The Labute approximate surface area is 189 Å². The number of carbonyl (C=O) groups excluding carboxylic acids is 1. The monoisotopic (exact) mass is 454 g/mol. The van der Waals surface area contributed by atoms with E-state index in [4.69, 9.17) is 0 Å². The van der Waals surface area contributed by atoms with Crippen LogP contribution in [0, 0.1) is 0 Å². The van der Waals surface area contributed by atoms with Crippen LogP contribution in [0.4, 0.5) is 8.78 Å².